The molecule has 1 N–H and O–H groups in total. The van der Waals surface area contributed by atoms with Crippen LogP contribution in [0, 0.1) is 11.7 Å². The molecular weight excluding hydrogens is 339 g/mol. The van der Waals surface area contributed by atoms with E-state index < -0.39 is 29.7 Å². The Morgan fingerprint density at radius 3 is 2.73 bits per heavy atom. The first-order valence-electron chi connectivity index (χ1n) is 9.00. The number of esters is 1. The Hall–Kier alpha value is -2.44. The van der Waals surface area contributed by atoms with Crippen LogP contribution in [0.1, 0.15) is 39.0 Å². The van der Waals surface area contributed by atoms with E-state index in [-0.39, 0.29) is 18.4 Å². The summed E-state index contributed by atoms with van der Waals surface area (Å²) in [5.74, 6) is -2.10. The van der Waals surface area contributed by atoms with Crippen LogP contribution in [0.2, 0.25) is 0 Å². The molecule has 2 aliphatic rings. The number of carbonyl (C=O) groups is 3. The van der Waals surface area contributed by atoms with E-state index in [2.05, 4.69) is 5.32 Å². The van der Waals surface area contributed by atoms with Gasteiger partial charge in [-0.3, -0.25) is 14.4 Å². The summed E-state index contributed by atoms with van der Waals surface area (Å²) in [6.45, 7) is 1.82. The van der Waals surface area contributed by atoms with Crippen molar-refractivity contribution >= 4 is 23.5 Å². The third kappa shape index (κ3) is 4.20. The van der Waals surface area contributed by atoms with Crippen LogP contribution in [-0.2, 0) is 19.1 Å². The van der Waals surface area contributed by atoms with Crippen LogP contribution in [-0.4, -0.2) is 41.4 Å². The Morgan fingerprint density at radius 2 is 2.04 bits per heavy atom. The Balaban J connectivity index is 1.52. The lowest BCUT2D eigenvalue weighted by Gasteiger charge is -2.24. The fraction of sp³-hybridized carbons (Fsp3) is 0.526. The molecule has 2 fully saturated rings. The summed E-state index contributed by atoms with van der Waals surface area (Å²) in [6.07, 6.45) is 3.30. The van der Waals surface area contributed by atoms with E-state index in [1.165, 1.54) is 25.1 Å². The van der Waals surface area contributed by atoms with E-state index in [9.17, 15) is 18.8 Å². The molecule has 1 saturated carbocycles. The van der Waals surface area contributed by atoms with Gasteiger partial charge in [-0.2, -0.15) is 0 Å². The average molecular weight is 362 g/mol. The summed E-state index contributed by atoms with van der Waals surface area (Å²) in [7, 11) is 0. The first-order chi connectivity index (χ1) is 12.4. The number of nitrogens with one attached hydrogen (secondary N) is 1. The van der Waals surface area contributed by atoms with Crippen molar-refractivity contribution in [2.24, 2.45) is 5.92 Å². The summed E-state index contributed by atoms with van der Waals surface area (Å²) >= 11 is 0. The zero-order chi connectivity index (χ0) is 18.7. The second kappa shape index (κ2) is 7.85. The van der Waals surface area contributed by atoms with Crippen LogP contribution in [0.5, 0.6) is 0 Å². The van der Waals surface area contributed by atoms with Crippen LogP contribution < -0.4 is 5.32 Å². The first-order valence-corrected chi connectivity index (χ1v) is 9.00. The Labute approximate surface area is 151 Å². The van der Waals surface area contributed by atoms with Crippen molar-refractivity contribution in [2.45, 2.75) is 51.2 Å². The minimum atomic E-state index is -1.03. The minimum Gasteiger partial charge on any atom is -0.452 e. The number of benzene rings is 1. The van der Waals surface area contributed by atoms with Gasteiger partial charge in [0.2, 0.25) is 5.91 Å². The second-order valence-electron chi connectivity index (χ2n) is 6.96. The second-order valence-corrected chi connectivity index (χ2v) is 6.96. The Morgan fingerprint density at radius 1 is 1.31 bits per heavy atom. The van der Waals surface area contributed by atoms with E-state index >= 15 is 0 Å². The number of hydrogen-bond donors (Lipinski definition) is 1. The van der Waals surface area contributed by atoms with Crippen molar-refractivity contribution in [2.75, 3.05) is 11.9 Å². The monoisotopic (exact) mass is 362 g/mol. The third-order valence-corrected chi connectivity index (χ3v) is 5.01. The molecule has 2 amide bonds. The van der Waals surface area contributed by atoms with Crippen LogP contribution in [0.25, 0.3) is 0 Å². The van der Waals surface area contributed by atoms with Gasteiger partial charge < -0.3 is 15.0 Å². The van der Waals surface area contributed by atoms with Gasteiger partial charge in [0.05, 0.1) is 5.92 Å². The number of likely N-dealkylation sites (tertiary alicyclic amines) is 1. The van der Waals surface area contributed by atoms with Crippen molar-refractivity contribution in [3.8, 4) is 0 Å². The lowest BCUT2D eigenvalue weighted by atomic mass is 10.1. The standard InChI is InChI=1S/C19H23FN2O4/c1-12(18(24)21-15-6-4-5-14(20)10-15)26-19(25)13-9-17(23)22(11-13)16-7-2-3-8-16/h4-6,10,12-13,16H,2-3,7-9,11H2,1H3,(H,21,24)/t12-,13+/m1/s1. The molecule has 0 unspecified atom stereocenters. The number of hydrogen-bond acceptors (Lipinski definition) is 4. The molecule has 6 nitrogen and oxygen atoms in total. The van der Waals surface area contributed by atoms with Gasteiger partial charge in [0, 0.05) is 24.7 Å². The fourth-order valence-corrected chi connectivity index (χ4v) is 3.59. The van der Waals surface area contributed by atoms with Crippen molar-refractivity contribution in [3.63, 3.8) is 0 Å². The number of ether oxygens (including phenoxy) is 1. The molecule has 3 rings (SSSR count). The molecule has 2 atom stereocenters. The lowest BCUT2D eigenvalue weighted by molar-refractivity contribution is -0.157. The lowest BCUT2D eigenvalue weighted by Crippen LogP contribution is -2.36. The van der Waals surface area contributed by atoms with Gasteiger partial charge in [-0.15, -0.1) is 0 Å². The number of anilines is 1. The molecule has 140 valence electrons. The van der Waals surface area contributed by atoms with Gasteiger partial charge in [0.15, 0.2) is 6.10 Å². The molecule has 0 spiro atoms. The van der Waals surface area contributed by atoms with Crippen LogP contribution in [0.4, 0.5) is 10.1 Å². The zero-order valence-electron chi connectivity index (χ0n) is 14.7. The number of rotatable bonds is 5. The Kier molecular flexibility index (Phi) is 5.54. The SMILES string of the molecule is C[C@@H](OC(=O)[C@H]1CC(=O)N(C2CCCC2)C1)C(=O)Nc1cccc(F)c1. The summed E-state index contributed by atoms with van der Waals surface area (Å²) in [4.78, 5) is 38.4. The Bertz CT molecular complexity index is 703. The zero-order valence-corrected chi connectivity index (χ0v) is 14.7. The van der Waals surface area contributed by atoms with Crippen molar-refractivity contribution in [1.82, 2.24) is 4.90 Å². The molecule has 0 bridgehead atoms. The highest BCUT2D eigenvalue weighted by atomic mass is 19.1. The first kappa shape index (κ1) is 18.4. The van der Waals surface area contributed by atoms with Crippen LogP contribution >= 0.6 is 0 Å². The molecule has 1 aromatic rings. The van der Waals surface area contributed by atoms with Crippen LogP contribution in [0.15, 0.2) is 24.3 Å². The maximum Gasteiger partial charge on any atom is 0.312 e. The summed E-state index contributed by atoms with van der Waals surface area (Å²) in [6, 6.07) is 5.70. The number of amides is 2. The predicted octanol–water partition coefficient (Wildman–Crippen LogP) is 2.49. The van der Waals surface area contributed by atoms with E-state index in [1.807, 2.05) is 0 Å². The quantitative estimate of drug-likeness (QED) is 0.817. The van der Waals surface area contributed by atoms with E-state index in [0.717, 1.165) is 25.7 Å². The van der Waals surface area contributed by atoms with Gasteiger partial charge in [-0.05, 0) is 38.0 Å². The van der Waals surface area contributed by atoms with Crippen molar-refractivity contribution < 1.29 is 23.5 Å². The van der Waals surface area contributed by atoms with E-state index in [0.29, 0.717) is 12.2 Å². The topological polar surface area (TPSA) is 75.7 Å². The fourth-order valence-electron chi connectivity index (χ4n) is 3.59. The molecular formula is C19H23FN2O4. The molecule has 26 heavy (non-hydrogen) atoms. The summed E-state index contributed by atoms with van der Waals surface area (Å²) in [5, 5.41) is 2.51. The number of carbonyl (C=O) groups excluding carboxylic acids is 3. The van der Waals surface area contributed by atoms with Gasteiger partial charge in [-0.25, -0.2) is 4.39 Å². The highest BCUT2D eigenvalue weighted by molar-refractivity contribution is 5.95. The van der Waals surface area contributed by atoms with Gasteiger partial charge in [0.1, 0.15) is 5.82 Å². The smallest absolute Gasteiger partial charge is 0.312 e. The largest absolute Gasteiger partial charge is 0.452 e. The number of nitrogens with zero attached hydrogens (tertiary/aromatic N) is 1. The highest BCUT2D eigenvalue weighted by Gasteiger charge is 2.40. The van der Waals surface area contributed by atoms with Crippen molar-refractivity contribution in [1.29, 1.82) is 0 Å². The molecule has 1 saturated heterocycles. The predicted molar refractivity (Wildman–Crippen MR) is 92.7 cm³/mol. The maximum atomic E-state index is 13.2. The van der Waals surface area contributed by atoms with Gasteiger partial charge >= 0.3 is 5.97 Å². The molecule has 1 aromatic carbocycles. The maximum absolute atomic E-state index is 13.2. The van der Waals surface area contributed by atoms with E-state index in [4.69, 9.17) is 4.74 Å². The molecule has 1 heterocycles. The summed E-state index contributed by atoms with van der Waals surface area (Å²) < 4.78 is 18.4. The van der Waals surface area contributed by atoms with Gasteiger partial charge in [0.25, 0.3) is 5.91 Å². The van der Waals surface area contributed by atoms with Crippen molar-refractivity contribution in [3.05, 3.63) is 30.1 Å². The number of halogens is 1. The summed E-state index contributed by atoms with van der Waals surface area (Å²) in [5.41, 5.74) is 0.293. The molecule has 1 aliphatic heterocycles. The third-order valence-electron chi connectivity index (χ3n) is 5.01. The molecule has 0 radical (unpaired) electrons. The highest BCUT2D eigenvalue weighted by Crippen LogP contribution is 2.30. The minimum absolute atomic E-state index is 0.0179. The van der Waals surface area contributed by atoms with Crippen LogP contribution in [0.3, 0.4) is 0 Å². The average Bonchev–Trinajstić information content (AvgIpc) is 3.24. The molecule has 0 aromatic heterocycles. The molecule has 1 aliphatic carbocycles. The normalized spacial score (nSPS) is 21.7. The molecule has 7 heteroatoms. The van der Waals surface area contributed by atoms with Gasteiger partial charge in [-0.1, -0.05) is 18.9 Å². The van der Waals surface area contributed by atoms with E-state index in [1.54, 1.807) is 11.0 Å².